The Hall–Kier alpha value is -1.02. The highest BCUT2D eigenvalue weighted by atomic mass is 35.5. The molecule has 0 saturated carbocycles. The molecule has 0 spiro atoms. The molecule has 0 fully saturated rings. The first-order chi connectivity index (χ1) is 8.49. The topological polar surface area (TPSA) is 37.3 Å². The molecule has 1 aromatic carbocycles. The Morgan fingerprint density at radius 1 is 1.33 bits per heavy atom. The van der Waals surface area contributed by atoms with Crippen molar-refractivity contribution in [1.82, 2.24) is 0 Å². The van der Waals surface area contributed by atoms with Crippen molar-refractivity contribution in [2.24, 2.45) is 11.8 Å². The number of carboxylic acids is 1. The molecular weight excluding hydrogens is 248 g/mol. The molecule has 0 aliphatic rings. The molecule has 1 atom stereocenters. The third kappa shape index (κ3) is 5.54. The minimum absolute atomic E-state index is 0.304. The minimum atomic E-state index is -0.710. The smallest absolute Gasteiger partial charge is 0.306 e. The maximum Gasteiger partial charge on any atom is 0.306 e. The van der Waals surface area contributed by atoms with E-state index in [-0.39, 0.29) is 5.92 Å². The maximum atomic E-state index is 11.2. The number of rotatable bonds is 7. The predicted octanol–water partition coefficient (Wildman–Crippen LogP) is 4.41. The van der Waals surface area contributed by atoms with Gasteiger partial charge in [0.2, 0.25) is 0 Å². The lowest BCUT2D eigenvalue weighted by Gasteiger charge is -2.13. The van der Waals surface area contributed by atoms with Crippen LogP contribution in [0.3, 0.4) is 0 Å². The van der Waals surface area contributed by atoms with Crippen LogP contribution >= 0.6 is 11.6 Å². The second kappa shape index (κ2) is 7.42. The highest BCUT2D eigenvalue weighted by Crippen LogP contribution is 2.19. The first-order valence-corrected chi connectivity index (χ1v) is 6.84. The van der Waals surface area contributed by atoms with Crippen LogP contribution < -0.4 is 0 Å². The van der Waals surface area contributed by atoms with Gasteiger partial charge in [0.15, 0.2) is 0 Å². The van der Waals surface area contributed by atoms with Gasteiger partial charge in [-0.05, 0) is 36.5 Å². The fourth-order valence-electron chi connectivity index (χ4n) is 2.03. The molecule has 1 rings (SSSR count). The van der Waals surface area contributed by atoms with Gasteiger partial charge < -0.3 is 5.11 Å². The molecule has 0 amide bonds. The summed E-state index contributed by atoms with van der Waals surface area (Å²) in [6, 6.07) is 7.45. The quantitative estimate of drug-likeness (QED) is 0.795. The van der Waals surface area contributed by atoms with Crippen molar-refractivity contribution in [1.29, 1.82) is 0 Å². The van der Waals surface area contributed by atoms with Crippen LogP contribution in [-0.2, 0) is 11.2 Å². The van der Waals surface area contributed by atoms with E-state index in [0.717, 1.165) is 24.8 Å². The Labute approximate surface area is 114 Å². The first-order valence-electron chi connectivity index (χ1n) is 6.46. The fraction of sp³-hybridized carbons (Fsp3) is 0.533. The number of hydrogen-bond acceptors (Lipinski definition) is 1. The van der Waals surface area contributed by atoms with Crippen LogP contribution in [0.1, 0.15) is 38.7 Å². The van der Waals surface area contributed by atoms with Gasteiger partial charge in [0, 0.05) is 5.02 Å². The van der Waals surface area contributed by atoms with Gasteiger partial charge in [-0.25, -0.2) is 0 Å². The standard InChI is InChI=1S/C15H21ClO2/c1-11(2)5-3-7-13(15(17)18)9-12-6-4-8-14(16)10-12/h4,6,8,10-11,13H,3,5,7,9H2,1-2H3,(H,17,18). The van der Waals surface area contributed by atoms with Crippen molar-refractivity contribution in [3.8, 4) is 0 Å². The van der Waals surface area contributed by atoms with Gasteiger partial charge in [-0.3, -0.25) is 4.79 Å². The predicted molar refractivity (Wildman–Crippen MR) is 75.0 cm³/mol. The van der Waals surface area contributed by atoms with E-state index in [0.29, 0.717) is 17.4 Å². The van der Waals surface area contributed by atoms with Crippen LogP contribution in [0.15, 0.2) is 24.3 Å². The molecule has 3 heteroatoms. The number of halogens is 1. The van der Waals surface area contributed by atoms with Gasteiger partial charge in [0.1, 0.15) is 0 Å². The van der Waals surface area contributed by atoms with Crippen LogP contribution in [0.5, 0.6) is 0 Å². The zero-order valence-electron chi connectivity index (χ0n) is 11.0. The lowest BCUT2D eigenvalue weighted by molar-refractivity contribution is -0.142. The second-order valence-corrected chi connectivity index (χ2v) is 5.63. The number of carbonyl (C=O) groups is 1. The van der Waals surface area contributed by atoms with E-state index < -0.39 is 5.97 Å². The van der Waals surface area contributed by atoms with Gasteiger partial charge in [0.25, 0.3) is 0 Å². The number of carboxylic acid groups (broad SMARTS) is 1. The lowest BCUT2D eigenvalue weighted by atomic mass is 9.92. The average molecular weight is 269 g/mol. The number of benzene rings is 1. The summed E-state index contributed by atoms with van der Waals surface area (Å²) in [4.78, 5) is 11.2. The van der Waals surface area contributed by atoms with Crippen molar-refractivity contribution in [2.75, 3.05) is 0 Å². The molecule has 0 aliphatic carbocycles. The van der Waals surface area contributed by atoms with Crippen molar-refractivity contribution in [3.63, 3.8) is 0 Å². The van der Waals surface area contributed by atoms with Crippen LogP contribution in [0, 0.1) is 11.8 Å². The van der Waals surface area contributed by atoms with Crippen molar-refractivity contribution < 1.29 is 9.90 Å². The van der Waals surface area contributed by atoms with Gasteiger partial charge in [-0.2, -0.15) is 0 Å². The molecule has 0 radical (unpaired) electrons. The van der Waals surface area contributed by atoms with Crippen molar-refractivity contribution in [3.05, 3.63) is 34.9 Å². The van der Waals surface area contributed by atoms with Gasteiger partial charge >= 0.3 is 5.97 Å². The summed E-state index contributed by atoms with van der Waals surface area (Å²) in [5.41, 5.74) is 0.999. The van der Waals surface area contributed by atoms with Crippen molar-refractivity contribution >= 4 is 17.6 Å². The third-order valence-electron chi connectivity index (χ3n) is 3.05. The highest BCUT2D eigenvalue weighted by molar-refractivity contribution is 6.30. The normalized spacial score (nSPS) is 12.7. The SMILES string of the molecule is CC(C)CCCC(Cc1cccc(Cl)c1)C(=O)O. The molecule has 0 heterocycles. The molecule has 1 N–H and O–H groups in total. The molecule has 0 saturated heterocycles. The van der Waals surface area contributed by atoms with E-state index in [1.54, 1.807) is 6.07 Å². The third-order valence-corrected chi connectivity index (χ3v) is 3.29. The molecule has 1 aromatic rings. The Balaban J connectivity index is 2.55. The van der Waals surface area contributed by atoms with E-state index in [1.165, 1.54) is 0 Å². The summed E-state index contributed by atoms with van der Waals surface area (Å²) in [7, 11) is 0. The zero-order chi connectivity index (χ0) is 13.5. The Bertz CT molecular complexity index is 388. The summed E-state index contributed by atoms with van der Waals surface area (Å²) < 4.78 is 0. The zero-order valence-corrected chi connectivity index (χ0v) is 11.8. The molecule has 0 aromatic heterocycles. The molecule has 1 unspecified atom stereocenters. The van der Waals surface area contributed by atoms with E-state index >= 15 is 0 Å². The average Bonchev–Trinajstić information content (AvgIpc) is 2.27. The monoisotopic (exact) mass is 268 g/mol. The molecule has 0 bridgehead atoms. The Morgan fingerprint density at radius 2 is 2.06 bits per heavy atom. The van der Waals surface area contributed by atoms with E-state index in [1.807, 2.05) is 18.2 Å². The second-order valence-electron chi connectivity index (χ2n) is 5.19. The van der Waals surface area contributed by atoms with Crippen molar-refractivity contribution in [2.45, 2.75) is 39.5 Å². The molecule has 2 nitrogen and oxygen atoms in total. The first kappa shape index (κ1) is 15.0. The fourth-order valence-corrected chi connectivity index (χ4v) is 2.25. The van der Waals surface area contributed by atoms with Gasteiger partial charge in [0.05, 0.1) is 5.92 Å². The number of hydrogen-bond donors (Lipinski definition) is 1. The summed E-state index contributed by atoms with van der Waals surface area (Å²) in [6.07, 6.45) is 3.35. The largest absolute Gasteiger partial charge is 0.481 e. The number of aliphatic carboxylic acids is 1. The lowest BCUT2D eigenvalue weighted by Crippen LogP contribution is -2.16. The molecule has 18 heavy (non-hydrogen) atoms. The van der Waals surface area contributed by atoms with Crippen LogP contribution in [0.25, 0.3) is 0 Å². The molecule has 0 aliphatic heterocycles. The Morgan fingerprint density at radius 3 is 2.61 bits per heavy atom. The summed E-state index contributed by atoms with van der Waals surface area (Å²) in [5, 5.41) is 9.90. The Kier molecular flexibility index (Phi) is 6.20. The molecular formula is C15H21ClO2. The maximum absolute atomic E-state index is 11.2. The van der Waals surface area contributed by atoms with E-state index in [2.05, 4.69) is 13.8 Å². The van der Waals surface area contributed by atoms with E-state index in [4.69, 9.17) is 11.6 Å². The summed E-state index contributed by atoms with van der Waals surface area (Å²) >= 11 is 5.91. The van der Waals surface area contributed by atoms with Crippen LogP contribution in [0.4, 0.5) is 0 Å². The molecule has 100 valence electrons. The van der Waals surface area contributed by atoms with Gasteiger partial charge in [-0.15, -0.1) is 0 Å². The highest BCUT2D eigenvalue weighted by Gasteiger charge is 2.17. The van der Waals surface area contributed by atoms with E-state index in [9.17, 15) is 9.90 Å². The summed E-state index contributed by atoms with van der Waals surface area (Å²) in [6.45, 7) is 4.32. The van der Waals surface area contributed by atoms with Crippen LogP contribution in [0.2, 0.25) is 5.02 Å². The summed E-state index contributed by atoms with van der Waals surface area (Å²) in [5.74, 6) is -0.383. The minimum Gasteiger partial charge on any atom is -0.481 e. The van der Waals surface area contributed by atoms with Crippen LogP contribution in [-0.4, -0.2) is 11.1 Å². The van der Waals surface area contributed by atoms with Gasteiger partial charge in [-0.1, -0.05) is 50.4 Å².